The fraction of sp³-hybridized carbons (Fsp3) is 0.389. The van der Waals surface area contributed by atoms with Crippen LogP contribution in [-0.2, 0) is 9.59 Å². The van der Waals surface area contributed by atoms with E-state index in [1.54, 1.807) is 4.90 Å². The number of nitrogens with zero attached hydrogens (tertiary/aromatic N) is 3. The van der Waals surface area contributed by atoms with Crippen LogP contribution in [0.5, 0.6) is 0 Å². The first-order valence-electron chi connectivity index (χ1n) is 8.26. The molecule has 1 unspecified atom stereocenters. The molecule has 2 aromatic rings. The molecule has 2 aliphatic heterocycles. The highest BCUT2D eigenvalue weighted by atomic mass is 16.2. The average Bonchev–Trinajstić information content (AvgIpc) is 2.59. The maximum atomic E-state index is 12.0. The number of rotatable bonds is 1. The SMILES string of the molecule is Cc1nc2ccccc2c(N2CCN3C(=O)C(=O)NCC3C2)c1C. The van der Waals surface area contributed by atoms with Crippen LogP contribution in [0.15, 0.2) is 24.3 Å². The summed E-state index contributed by atoms with van der Waals surface area (Å²) < 4.78 is 0. The third kappa shape index (κ3) is 2.21. The van der Waals surface area contributed by atoms with E-state index in [4.69, 9.17) is 0 Å². The number of carbonyl (C=O) groups excluding carboxylic acids is 2. The average molecular weight is 324 g/mol. The van der Waals surface area contributed by atoms with Gasteiger partial charge in [-0.05, 0) is 25.5 Å². The van der Waals surface area contributed by atoms with Gasteiger partial charge < -0.3 is 15.1 Å². The van der Waals surface area contributed by atoms with Crippen molar-refractivity contribution in [2.45, 2.75) is 19.9 Å². The Morgan fingerprint density at radius 3 is 2.79 bits per heavy atom. The van der Waals surface area contributed by atoms with Crippen LogP contribution in [0.3, 0.4) is 0 Å². The lowest BCUT2D eigenvalue weighted by Gasteiger charge is -2.44. The van der Waals surface area contributed by atoms with E-state index in [2.05, 4.69) is 28.2 Å². The Balaban J connectivity index is 1.73. The minimum absolute atomic E-state index is 0.0237. The number of aryl methyl sites for hydroxylation is 1. The monoisotopic (exact) mass is 324 g/mol. The zero-order valence-corrected chi connectivity index (χ0v) is 13.9. The van der Waals surface area contributed by atoms with Gasteiger partial charge in [-0.1, -0.05) is 18.2 Å². The van der Waals surface area contributed by atoms with Gasteiger partial charge in [-0.15, -0.1) is 0 Å². The lowest BCUT2D eigenvalue weighted by Crippen LogP contribution is -2.65. The quantitative estimate of drug-likeness (QED) is 0.795. The number of pyridine rings is 1. The molecule has 1 aromatic heterocycles. The number of hydrogen-bond acceptors (Lipinski definition) is 4. The van der Waals surface area contributed by atoms with Crippen molar-refractivity contribution in [3.05, 3.63) is 35.5 Å². The lowest BCUT2D eigenvalue weighted by molar-refractivity contribution is -0.150. The first kappa shape index (κ1) is 14.9. The molecule has 2 fully saturated rings. The molecule has 2 saturated heterocycles. The van der Waals surface area contributed by atoms with Gasteiger partial charge in [0.25, 0.3) is 0 Å². The van der Waals surface area contributed by atoms with Crippen molar-refractivity contribution < 1.29 is 9.59 Å². The summed E-state index contributed by atoms with van der Waals surface area (Å²) in [5.74, 6) is -0.889. The van der Waals surface area contributed by atoms with Crippen molar-refractivity contribution >= 4 is 28.4 Å². The Bertz CT molecular complexity index is 848. The van der Waals surface area contributed by atoms with E-state index < -0.39 is 11.8 Å². The van der Waals surface area contributed by atoms with E-state index in [0.717, 1.165) is 29.7 Å². The van der Waals surface area contributed by atoms with Crippen molar-refractivity contribution in [3.63, 3.8) is 0 Å². The highest BCUT2D eigenvalue weighted by molar-refractivity contribution is 6.35. The number of para-hydroxylation sites is 1. The van der Waals surface area contributed by atoms with Crippen LogP contribution in [0.1, 0.15) is 11.3 Å². The number of piperazine rings is 2. The number of anilines is 1. The fourth-order valence-electron chi connectivity index (χ4n) is 3.73. The Hall–Kier alpha value is -2.63. The molecule has 0 saturated carbocycles. The summed E-state index contributed by atoms with van der Waals surface area (Å²) in [7, 11) is 0. The third-order valence-electron chi connectivity index (χ3n) is 5.10. The zero-order valence-electron chi connectivity index (χ0n) is 13.9. The summed E-state index contributed by atoms with van der Waals surface area (Å²) in [5.41, 5.74) is 4.39. The summed E-state index contributed by atoms with van der Waals surface area (Å²) in [6.07, 6.45) is 0. The van der Waals surface area contributed by atoms with E-state index in [0.29, 0.717) is 13.1 Å². The van der Waals surface area contributed by atoms with Gasteiger partial charge in [0.2, 0.25) is 0 Å². The Morgan fingerprint density at radius 2 is 1.96 bits per heavy atom. The van der Waals surface area contributed by atoms with Crippen molar-refractivity contribution in [2.75, 3.05) is 31.1 Å². The van der Waals surface area contributed by atoms with Gasteiger partial charge in [-0.3, -0.25) is 14.6 Å². The van der Waals surface area contributed by atoms with Gasteiger partial charge in [0.05, 0.1) is 17.2 Å². The normalized spacial score (nSPS) is 21.0. The maximum Gasteiger partial charge on any atom is 0.312 e. The van der Waals surface area contributed by atoms with E-state index in [1.807, 2.05) is 25.1 Å². The molecule has 0 spiro atoms. The van der Waals surface area contributed by atoms with Crippen LogP contribution >= 0.6 is 0 Å². The highest BCUT2D eigenvalue weighted by Gasteiger charge is 2.38. The van der Waals surface area contributed by atoms with Gasteiger partial charge in [-0.2, -0.15) is 0 Å². The molecular formula is C18H20N4O2. The number of benzene rings is 1. The molecule has 0 bridgehead atoms. The number of hydrogen-bond donors (Lipinski definition) is 1. The molecule has 6 heteroatoms. The number of nitrogens with one attached hydrogen (secondary N) is 1. The molecule has 3 heterocycles. The van der Waals surface area contributed by atoms with E-state index in [-0.39, 0.29) is 6.04 Å². The number of carbonyl (C=O) groups is 2. The topological polar surface area (TPSA) is 65.5 Å². The molecule has 2 aliphatic rings. The Labute approximate surface area is 140 Å². The fourth-order valence-corrected chi connectivity index (χ4v) is 3.73. The van der Waals surface area contributed by atoms with Crippen molar-refractivity contribution in [1.29, 1.82) is 0 Å². The molecular weight excluding hydrogens is 304 g/mol. The van der Waals surface area contributed by atoms with E-state index in [9.17, 15) is 9.59 Å². The summed E-state index contributed by atoms with van der Waals surface area (Å²) in [5, 5.41) is 3.84. The molecule has 24 heavy (non-hydrogen) atoms. The smallest absolute Gasteiger partial charge is 0.312 e. The standard InChI is InChI=1S/C18H20N4O2/c1-11-12(2)20-15-6-4-3-5-14(15)16(11)21-7-8-22-13(10-21)9-19-17(23)18(22)24/h3-6,13H,7-10H2,1-2H3,(H,19,23). The molecule has 2 amide bonds. The Morgan fingerprint density at radius 1 is 1.17 bits per heavy atom. The number of aromatic nitrogens is 1. The molecule has 1 N–H and O–H groups in total. The second-order valence-electron chi connectivity index (χ2n) is 6.50. The van der Waals surface area contributed by atoms with Gasteiger partial charge in [0, 0.05) is 37.3 Å². The molecule has 0 aliphatic carbocycles. The zero-order chi connectivity index (χ0) is 16.8. The first-order valence-corrected chi connectivity index (χ1v) is 8.26. The minimum atomic E-state index is -0.485. The van der Waals surface area contributed by atoms with Gasteiger partial charge in [0.15, 0.2) is 0 Å². The highest BCUT2D eigenvalue weighted by Crippen LogP contribution is 2.32. The summed E-state index contributed by atoms with van der Waals surface area (Å²) in [6, 6.07) is 8.19. The summed E-state index contributed by atoms with van der Waals surface area (Å²) in [4.78, 5) is 32.3. The van der Waals surface area contributed by atoms with Crippen LogP contribution in [0.25, 0.3) is 10.9 Å². The second kappa shape index (κ2) is 5.47. The van der Waals surface area contributed by atoms with E-state index >= 15 is 0 Å². The number of amides is 2. The molecule has 124 valence electrons. The molecule has 6 nitrogen and oxygen atoms in total. The van der Waals surface area contributed by atoms with Crippen LogP contribution < -0.4 is 10.2 Å². The lowest BCUT2D eigenvalue weighted by atomic mass is 10.0. The van der Waals surface area contributed by atoms with Gasteiger partial charge >= 0.3 is 11.8 Å². The van der Waals surface area contributed by atoms with Crippen LogP contribution in [0, 0.1) is 13.8 Å². The minimum Gasteiger partial charge on any atom is -0.367 e. The van der Waals surface area contributed by atoms with Crippen LogP contribution in [-0.4, -0.2) is 53.9 Å². The van der Waals surface area contributed by atoms with Crippen molar-refractivity contribution in [3.8, 4) is 0 Å². The van der Waals surface area contributed by atoms with Gasteiger partial charge in [-0.25, -0.2) is 0 Å². The number of fused-ring (bicyclic) bond motifs is 2. The predicted molar refractivity (Wildman–Crippen MR) is 91.9 cm³/mol. The second-order valence-corrected chi connectivity index (χ2v) is 6.50. The molecule has 1 aromatic carbocycles. The summed E-state index contributed by atoms with van der Waals surface area (Å²) in [6.45, 7) is 6.68. The molecule has 1 atom stereocenters. The van der Waals surface area contributed by atoms with Crippen LogP contribution in [0.4, 0.5) is 5.69 Å². The molecule has 4 rings (SSSR count). The predicted octanol–water partition coefficient (Wildman–Crippen LogP) is 0.999. The van der Waals surface area contributed by atoms with E-state index in [1.165, 1.54) is 11.3 Å². The maximum absolute atomic E-state index is 12.0. The van der Waals surface area contributed by atoms with Crippen molar-refractivity contribution in [1.82, 2.24) is 15.2 Å². The van der Waals surface area contributed by atoms with Crippen molar-refractivity contribution in [2.24, 2.45) is 0 Å². The Kier molecular flexibility index (Phi) is 3.40. The summed E-state index contributed by atoms with van der Waals surface area (Å²) >= 11 is 0. The van der Waals surface area contributed by atoms with Crippen LogP contribution in [0.2, 0.25) is 0 Å². The largest absolute Gasteiger partial charge is 0.367 e. The van der Waals surface area contributed by atoms with Gasteiger partial charge in [0.1, 0.15) is 0 Å². The molecule has 0 radical (unpaired) electrons. The first-order chi connectivity index (χ1) is 11.6. The third-order valence-corrected chi connectivity index (χ3v) is 5.10.